The molecular weight excluding hydrogens is 278 g/mol. The van der Waals surface area contributed by atoms with E-state index in [1.54, 1.807) is 18.5 Å². The number of aryl methyl sites for hydroxylation is 1. The van der Waals surface area contributed by atoms with Gasteiger partial charge in [0.2, 0.25) is 5.95 Å². The number of unbranched alkanes of at least 4 members (excludes halogenated alkanes) is 1. The summed E-state index contributed by atoms with van der Waals surface area (Å²) in [5.74, 6) is 0.285. The van der Waals surface area contributed by atoms with Gasteiger partial charge in [-0.25, -0.2) is 9.97 Å². The van der Waals surface area contributed by atoms with E-state index in [1.807, 2.05) is 19.1 Å². The van der Waals surface area contributed by atoms with E-state index < -0.39 is 0 Å². The van der Waals surface area contributed by atoms with Crippen LogP contribution in [0, 0.1) is 6.92 Å². The Hall–Kier alpha value is -2.50. The Balaban J connectivity index is 1.99. The Kier molecular flexibility index (Phi) is 5.82. The second-order valence-electron chi connectivity index (χ2n) is 5.04. The van der Waals surface area contributed by atoms with Crippen LogP contribution in [0.1, 0.15) is 41.5 Å². The molecule has 0 aliphatic carbocycles. The molecule has 0 aliphatic heterocycles. The Morgan fingerprint density at radius 1 is 1.32 bits per heavy atom. The molecule has 2 N–H and O–H groups in total. The first-order valence-electron chi connectivity index (χ1n) is 7.45. The van der Waals surface area contributed by atoms with Gasteiger partial charge in [0.05, 0.1) is 0 Å². The van der Waals surface area contributed by atoms with Gasteiger partial charge in [-0.05, 0) is 31.0 Å². The average Bonchev–Trinajstić information content (AvgIpc) is 2.53. The van der Waals surface area contributed by atoms with Gasteiger partial charge in [0.25, 0.3) is 5.91 Å². The number of anilines is 1. The van der Waals surface area contributed by atoms with Gasteiger partial charge in [0.15, 0.2) is 0 Å². The molecule has 2 aromatic heterocycles. The molecule has 0 unspecified atom stereocenters. The van der Waals surface area contributed by atoms with Crippen LogP contribution < -0.4 is 10.6 Å². The van der Waals surface area contributed by atoms with Crippen molar-refractivity contribution in [1.82, 2.24) is 20.3 Å². The normalized spacial score (nSPS) is 10.3. The van der Waals surface area contributed by atoms with E-state index in [1.165, 1.54) is 0 Å². The molecule has 0 aliphatic rings. The standard InChI is InChI=1S/C16H21N5O/c1-3-4-8-18-16-20-12(2)9-14(21-16)15(22)19-11-13-6-5-7-17-10-13/h5-7,9-10H,3-4,8,11H2,1-2H3,(H,19,22)(H,18,20,21). The molecule has 0 aromatic carbocycles. The van der Waals surface area contributed by atoms with Crippen molar-refractivity contribution in [2.24, 2.45) is 0 Å². The predicted molar refractivity (Wildman–Crippen MR) is 85.6 cm³/mol. The Morgan fingerprint density at radius 2 is 2.18 bits per heavy atom. The second-order valence-corrected chi connectivity index (χ2v) is 5.04. The fourth-order valence-corrected chi connectivity index (χ4v) is 1.92. The van der Waals surface area contributed by atoms with Crippen LogP contribution in [0.3, 0.4) is 0 Å². The van der Waals surface area contributed by atoms with Crippen LogP contribution in [0.15, 0.2) is 30.6 Å². The molecule has 6 heteroatoms. The predicted octanol–water partition coefficient (Wildman–Crippen LogP) is 2.32. The first-order valence-corrected chi connectivity index (χ1v) is 7.45. The summed E-state index contributed by atoms with van der Waals surface area (Å²) in [4.78, 5) is 24.8. The van der Waals surface area contributed by atoms with E-state index in [0.29, 0.717) is 18.2 Å². The van der Waals surface area contributed by atoms with Gasteiger partial charge in [-0.1, -0.05) is 19.4 Å². The molecule has 0 atom stereocenters. The first-order chi connectivity index (χ1) is 10.7. The minimum absolute atomic E-state index is 0.215. The zero-order chi connectivity index (χ0) is 15.8. The SMILES string of the molecule is CCCCNc1nc(C)cc(C(=O)NCc2cccnc2)n1. The van der Waals surface area contributed by atoms with Crippen molar-refractivity contribution in [3.8, 4) is 0 Å². The van der Waals surface area contributed by atoms with Gasteiger partial charge >= 0.3 is 0 Å². The maximum atomic E-state index is 12.2. The summed E-state index contributed by atoms with van der Waals surface area (Å²) in [5.41, 5.74) is 2.08. The Morgan fingerprint density at radius 3 is 2.91 bits per heavy atom. The Labute approximate surface area is 130 Å². The monoisotopic (exact) mass is 299 g/mol. The third kappa shape index (κ3) is 4.80. The number of hydrogen-bond donors (Lipinski definition) is 2. The fraction of sp³-hybridized carbons (Fsp3) is 0.375. The van der Waals surface area contributed by atoms with Crippen LogP contribution in [-0.2, 0) is 6.54 Å². The van der Waals surface area contributed by atoms with Crippen LogP contribution >= 0.6 is 0 Å². The Bertz CT molecular complexity index is 615. The van der Waals surface area contributed by atoms with Crippen LogP contribution in [0.25, 0.3) is 0 Å². The summed E-state index contributed by atoms with van der Waals surface area (Å²) in [7, 11) is 0. The van der Waals surface area contributed by atoms with Crippen LogP contribution in [0.5, 0.6) is 0 Å². The topological polar surface area (TPSA) is 79.8 Å². The van der Waals surface area contributed by atoms with Gasteiger partial charge in [-0.15, -0.1) is 0 Å². The highest BCUT2D eigenvalue weighted by molar-refractivity contribution is 5.92. The molecule has 116 valence electrons. The molecular formula is C16H21N5O. The number of amides is 1. The number of hydrogen-bond acceptors (Lipinski definition) is 5. The first kappa shape index (κ1) is 15.9. The van der Waals surface area contributed by atoms with Crippen molar-refractivity contribution in [1.29, 1.82) is 0 Å². The lowest BCUT2D eigenvalue weighted by Gasteiger charge is -2.08. The maximum Gasteiger partial charge on any atom is 0.270 e. The summed E-state index contributed by atoms with van der Waals surface area (Å²) in [6, 6.07) is 5.44. The van der Waals surface area contributed by atoms with E-state index in [0.717, 1.165) is 30.6 Å². The lowest BCUT2D eigenvalue weighted by atomic mass is 10.2. The number of nitrogens with one attached hydrogen (secondary N) is 2. The van der Waals surface area contributed by atoms with E-state index in [2.05, 4.69) is 32.5 Å². The molecule has 1 amide bonds. The number of pyridine rings is 1. The molecule has 0 saturated heterocycles. The highest BCUT2D eigenvalue weighted by Crippen LogP contribution is 2.06. The highest BCUT2D eigenvalue weighted by Gasteiger charge is 2.10. The molecule has 6 nitrogen and oxygen atoms in total. The molecule has 0 saturated carbocycles. The summed E-state index contributed by atoms with van der Waals surface area (Å²) < 4.78 is 0. The molecule has 22 heavy (non-hydrogen) atoms. The number of nitrogens with zero attached hydrogens (tertiary/aromatic N) is 3. The summed E-state index contributed by atoms with van der Waals surface area (Å²) in [5, 5.41) is 5.98. The van der Waals surface area contributed by atoms with Gasteiger partial charge in [0, 0.05) is 31.2 Å². The van der Waals surface area contributed by atoms with E-state index in [9.17, 15) is 4.79 Å². The van der Waals surface area contributed by atoms with Crippen molar-refractivity contribution in [3.05, 3.63) is 47.5 Å². The zero-order valence-electron chi connectivity index (χ0n) is 13.0. The largest absolute Gasteiger partial charge is 0.354 e. The number of rotatable bonds is 7. The van der Waals surface area contributed by atoms with Gasteiger partial charge in [-0.2, -0.15) is 0 Å². The van der Waals surface area contributed by atoms with Crippen LogP contribution in [0.2, 0.25) is 0 Å². The van der Waals surface area contributed by atoms with Crippen molar-refractivity contribution in [2.75, 3.05) is 11.9 Å². The van der Waals surface area contributed by atoms with E-state index in [-0.39, 0.29) is 5.91 Å². The van der Waals surface area contributed by atoms with E-state index >= 15 is 0 Å². The lowest BCUT2D eigenvalue weighted by Crippen LogP contribution is -2.24. The smallest absolute Gasteiger partial charge is 0.270 e. The van der Waals surface area contributed by atoms with Crippen LogP contribution in [-0.4, -0.2) is 27.4 Å². The molecule has 2 heterocycles. The quantitative estimate of drug-likeness (QED) is 0.767. The van der Waals surface area contributed by atoms with Crippen molar-refractivity contribution in [3.63, 3.8) is 0 Å². The maximum absolute atomic E-state index is 12.2. The minimum Gasteiger partial charge on any atom is -0.354 e. The highest BCUT2D eigenvalue weighted by atomic mass is 16.1. The van der Waals surface area contributed by atoms with Gasteiger partial charge in [0.1, 0.15) is 5.69 Å². The third-order valence-corrected chi connectivity index (χ3v) is 3.08. The number of carbonyl (C=O) groups excluding carboxylic acids is 1. The molecule has 2 rings (SSSR count). The molecule has 0 bridgehead atoms. The number of aromatic nitrogens is 3. The van der Waals surface area contributed by atoms with Crippen molar-refractivity contribution in [2.45, 2.75) is 33.2 Å². The molecule has 0 spiro atoms. The lowest BCUT2D eigenvalue weighted by molar-refractivity contribution is 0.0945. The van der Waals surface area contributed by atoms with Crippen molar-refractivity contribution >= 4 is 11.9 Å². The number of carbonyl (C=O) groups is 1. The third-order valence-electron chi connectivity index (χ3n) is 3.08. The summed E-state index contributed by atoms with van der Waals surface area (Å²) in [6.07, 6.45) is 5.56. The van der Waals surface area contributed by atoms with Crippen LogP contribution in [0.4, 0.5) is 5.95 Å². The molecule has 2 aromatic rings. The minimum atomic E-state index is -0.215. The molecule has 0 radical (unpaired) electrons. The second kappa shape index (κ2) is 8.07. The fourth-order valence-electron chi connectivity index (χ4n) is 1.92. The summed E-state index contributed by atoms with van der Waals surface area (Å²) >= 11 is 0. The zero-order valence-corrected chi connectivity index (χ0v) is 13.0. The average molecular weight is 299 g/mol. The van der Waals surface area contributed by atoms with E-state index in [4.69, 9.17) is 0 Å². The van der Waals surface area contributed by atoms with Crippen molar-refractivity contribution < 1.29 is 4.79 Å². The van der Waals surface area contributed by atoms with Gasteiger partial charge < -0.3 is 10.6 Å². The molecule has 0 fully saturated rings. The summed E-state index contributed by atoms with van der Waals surface area (Å²) in [6.45, 7) is 5.20. The van der Waals surface area contributed by atoms with Gasteiger partial charge in [-0.3, -0.25) is 9.78 Å².